The molecule has 0 aromatic heterocycles. The number of carbonyl (C=O) groups excluding carboxylic acids is 1. The summed E-state index contributed by atoms with van der Waals surface area (Å²) < 4.78 is 28.8. The zero-order valence-electron chi connectivity index (χ0n) is 16.2. The van der Waals surface area contributed by atoms with Gasteiger partial charge in [0, 0.05) is 58.3 Å². The second kappa shape index (κ2) is 8.88. The van der Waals surface area contributed by atoms with Crippen LogP contribution in [0.3, 0.4) is 0 Å². The van der Waals surface area contributed by atoms with Crippen LogP contribution in [0.4, 0.5) is 0 Å². The molecule has 0 bridgehead atoms. The monoisotopic (exact) mass is 397 g/mol. The van der Waals surface area contributed by atoms with Crippen LogP contribution in [-0.4, -0.2) is 117 Å². The summed E-state index contributed by atoms with van der Waals surface area (Å²) in [5.41, 5.74) is 0. The molecule has 0 N–H and O–H groups in total. The molecule has 9 heteroatoms. The van der Waals surface area contributed by atoms with Crippen LogP contribution in [-0.2, 0) is 15.0 Å². The molecule has 0 spiro atoms. The average Bonchev–Trinajstić information content (AvgIpc) is 2.69. The summed E-state index contributed by atoms with van der Waals surface area (Å²) in [6.07, 6.45) is 7.02. The molecular formula is C18H31N5O3S. The normalized spacial score (nSPS) is 25.4. The summed E-state index contributed by atoms with van der Waals surface area (Å²) in [7, 11) is -1.41. The molecule has 27 heavy (non-hydrogen) atoms. The molecule has 3 aliphatic heterocycles. The number of hydrogen-bond donors (Lipinski definition) is 0. The van der Waals surface area contributed by atoms with Gasteiger partial charge in [0.2, 0.25) is 5.91 Å². The first-order valence-corrected chi connectivity index (χ1v) is 11.2. The summed E-state index contributed by atoms with van der Waals surface area (Å²) in [5.74, 6) is 2.87. The predicted octanol–water partition coefficient (Wildman–Crippen LogP) is -1.03. The number of carbonyl (C=O) groups is 1. The Hall–Kier alpha value is -1.18. The van der Waals surface area contributed by atoms with E-state index in [-0.39, 0.29) is 11.8 Å². The molecule has 3 fully saturated rings. The Morgan fingerprint density at radius 2 is 1.44 bits per heavy atom. The Kier molecular flexibility index (Phi) is 6.76. The maximum Gasteiger partial charge on any atom is 0.282 e. The van der Waals surface area contributed by atoms with E-state index in [1.54, 1.807) is 4.31 Å². The van der Waals surface area contributed by atoms with E-state index in [4.69, 9.17) is 6.42 Å². The number of terminal acetylenes is 1. The largest absolute Gasteiger partial charge is 0.340 e. The third kappa shape index (κ3) is 4.81. The number of amides is 1. The van der Waals surface area contributed by atoms with Gasteiger partial charge in [-0.2, -0.15) is 17.0 Å². The minimum Gasteiger partial charge on any atom is -0.340 e. The number of likely N-dealkylation sites (N-methyl/N-ethyl adjacent to an activating group) is 1. The van der Waals surface area contributed by atoms with Crippen molar-refractivity contribution in [2.24, 2.45) is 5.92 Å². The second-order valence-corrected chi connectivity index (χ2v) is 9.62. The minimum absolute atomic E-state index is 0.0415. The van der Waals surface area contributed by atoms with E-state index in [1.807, 2.05) is 11.9 Å². The van der Waals surface area contributed by atoms with E-state index < -0.39 is 10.2 Å². The first-order chi connectivity index (χ1) is 12.9. The van der Waals surface area contributed by atoms with Gasteiger partial charge in [0.1, 0.15) is 0 Å². The lowest BCUT2D eigenvalue weighted by Crippen LogP contribution is -2.57. The van der Waals surface area contributed by atoms with Gasteiger partial charge < -0.3 is 9.80 Å². The van der Waals surface area contributed by atoms with Gasteiger partial charge >= 0.3 is 0 Å². The molecule has 1 amide bonds. The standard InChI is InChI=1S/C18H31N5O3S/c1-3-6-20-7-4-17(5-8-20)18(24)21-11-15-23(16-12-21)27(25,26)22-13-9-19(2)10-14-22/h1,17H,4-16H2,2H3. The van der Waals surface area contributed by atoms with Crippen molar-refractivity contribution < 1.29 is 13.2 Å². The van der Waals surface area contributed by atoms with Gasteiger partial charge in [-0.15, -0.1) is 6.42 Å². The van der Waals surface area contributed by atoms with Crippen molar-refractivity contribution in [1.29, 1.82) is 0 Å². The number of likely N-dealkylation sites (tertiary alicyclic amines) is 1. The van der Waals surface area contributed by atoms with Crippen molar-refractivity contribution in [3.05, 3.63) is 0 Å². The Balaban J connectivity index is 1.48. The fraction of sp³-hybridized carbons (Fsp3) is 0.833. The van der Waals surface area contributed by atoms with E-state index >= 15 is 0 Å². The Bertz CT molecular complexity index is 653. The van der Waals surface area contributed by atoms with Crippen LogP contribution in [0.1, 0.15) is 12.8 Å². The molecular weight excluding hydrogens is 366 g/mol. The van der Waals surface area contributed by atoms with Gasteiger partial charge in [0.15, 0.2) is 0 Å². The second-order valence-electron chi connectivity index (χ2n) is 7.69. The molecule has 3 heterocycles. The van der Waals surface area contributed by atoms with Crippen molar-refractivity contribution in [2.75, 3.05) is 79.0 Å². The maximum absolute atomic E-state index is 12.8. The van der Waals surface area contributed by atoms with Crippen molar-refractivity contribution >= 4 is 16.1 Å². The third-order valence-corrected chi connectivity index (χ3v) is 7.95. The summed E-state index contributed by atoms with van der Waals surface area (Å²) in [4.78, 5) is 19.0. The van der Waals surface area contributed by atoms with Gasteiger partial charge in [-0.25, -0.2) is 0 Å². The van der Waals surface area contributed by atoms with Crippen LogP contribution in [0, 0.1) is 18.3 Å². The summed E-state index contributed by atoms with van der Waals surface area (Å²) in [6.45, 7) is 6.69. The molecule has 8 nitrogen and oxygen atoms in total. The van der Waals surface area contributed by atoms with E-state index in [0.29, 0.717) is 45.8 Å². The van der Waals surface area contributed by atoms with Gasteiger partial charge in [0.05, 0.1) is 6.54 Å². The number of rotatable bonds is 4. The lowest BCUT2D eigenvalue weighted by atomic mass is 9.95. The van der Waals surface area contributed by atoms with Crippen molar-refractivity contribution in [2.45, 2.75) is 12.8 Å². The molecule has 152 valence electrons. The van der Waals surface area contributed by atoms with E-state index in [1.165, 1.54) is 4.31 Å². The molecule has 0 unspecified atom stereocenters. The highest BCUT2D eigenvalue weighted by Crippen LogP contribution is 2.21. The molecule has 0 atom stereocenters. The highest BCUT2D eigenvalue weighted by molar-refractivity contribution is 7.86. The van der Waals surface area contributed by atoms with Crippen molar-refractivity contribution in [3.63, 3.8) is 0 Å². The molecule has 0 aliphatic carbocycles. The molecule has 0 aromatic rings. The lowest BCUT2D eigenvalue weighted by Gasteiger charge is -2.40. The van der Waals surface area contributed by atoms with E-state index in [9.17, 15) is 13.2 Å². The summed E-state index contributed by atoms with van der Waals surface area (Å²) >= 11 is 0. The minimum atomic E-state index is -3.42. The highest BCUT2D eigenvalue weighted by atomic mass is 32.2. The van der Waals surface area contributed by atoms with Crippen molar-refractivity contribution in [1.82, 2.24) is 23.3 Å². The highest BCUT2D eigenvalue weighted by Gasteiger charge is 2.36. The fourth-order valence-electron chi connectivity index (χ4n) is 4.05. The van der Waals surface area contributed by atoms with Crippen molar-refractivity contribution in [3.8, 4) is 12.3 Å². The summed E-state index contributed by atoms with van der Waals surface area (Å²) in [5, 5.41) is 0. The topological polar surface area (TPSA) is 67.4 Å². The molecule has 0 saturated carbocycles. The van der Waals surface area contributed by atoms with Crippen LogP contribution in [0.5, 0.6) is 0 Å². The Morgan fingerprint density at radius 1 is 0.926 bits per heavy atom. The van der Waals surface area contributed by atoms with Gasteiger partial charge in [-0.05, 0) is 33.0 Å². The molecule has 3 saturated heterocycles. The molecule has 0 radical (unpaired) electrons. The maximum atomic E-state index is 12.8. The number of nitrogens with zero attached hydrogens (tertiary/aromatic N) is 5. The Labute approximate surface area is 163 Å². The lowest BCUT2D eigenvalue weighted by molar-refractivity contribution is -0.138. The quantitative estimate of drug-likeness (QED) is 0.568. The van der Waals surface area contributed by atoms with Gasteiger partial charge in [0.25, 0.3) is 10.2 Å². The van der Waals surface area contributed by atoms with Crippen LogP contribution < -0.4 is 0 Å². The molecule has 3 rings (SSSR count). The first kappa shape index (κ1) is 20.6. The van der Waals surface area contributed by atoms with Gasteiger partial charge in [-0.1, -0.05) is 5.92 Å². The first-order valence-electron chi connectivity index (χ1n) is 9.80. The van der Waals surface area contributed by atoms with E-state index in [0.717, 1.165) is 39.0 Å². The fourth-order valence-corrected chi connectivity index (χ4v) is 5.62. The molecule has 0 aromatic carbocycles. The number of piperidine rings is 1. The summed E-state index contributed by atoms with van der Waals surface area (Å²) in [6, 6.07) is 0. The van der Waals surface area contributed by atoms with Crippen LogP contribution in [0.15, 0.2) is 0 Å². The molecule has 3 aliphatic rings. The third-order valence-electron chi connectivity index (χ3n) is 5.92. The van der Waals surface area contributed by atoms with Crippen LogP contribution >= 0.6 is 0 Å². The smallest absolute Gasteiger partial charge is 0.282 e. The zero-order chi connectivity index (χ0) is 19.4. The SMILES string of the molecule is C#CCN1CCC(C(=O)N2CCN(S(=O)(=O)N3CCN(C)CC3)CC2)CC1. The number of hydrogen-bond acceptors (Lipinski definition) is 5. The zero-order valence-corrected chi connectivity index (χ0v) is 17.0. The van der Waals surface area contributed by atoms with Gasteiger partial charge in [-0.3, -0.25) is 9.69 Å². The Morgan fingerprint density at radius 3 is 1.96 bits per heavy atom. The predicted molar refractivity (Wildman–Crippen MR) is 104 cm³/mol. The van der Waals surface area contributed by atoms with Crippen LogP contribution in [0.2, 0.25) is 0 Å². The van der Waals surface area contributed by atoms with E-state index in [2.05, 4.69) is 15.7 Å². The van der Waals surface area contributed by atoms with Crippen LogP contribution in [0.25, 0.3) is 0 Å². The number of piperazine rings is 2. The average molecular weight is 398 g/mol.